The monoisotopic (exact) mass is 330 g/mol. The van der Waals surface area contributed by atoms with Crippen molar-refractivity contribution >= 4 is 21.4 Å². The minimum atomic E-state index is -3.30. The summed E-state index contributed by atoms with van der Waals surface area (Å²) in [6.45, 7) is 8.71. The van der Waals surface area contributed by atoms with Crippen molar-refractivity contribution in [2.75, 3.05) is 20.1 Å². The Morgan fingerprint density at radius 1 is 1.33 bits per heavy atom. The van der Waals surface area contributed by atoms with E-state index >= 15 is 0 Å². The number of nitrogens with one attached hydrogen (secondary N) is 1. The predicted molar refractivity (Wildman–Crippen MR) is 88.0 cm³/mol. The molecule has 0 atom stereocenters. The third-order valence-electron chi connectivity index (χ3n) is 4.28. The first-order chi connectivity index (χ1) is 9.75. The molecule has 0 spiro atoms. The van der Waals surface area contributed by atoms with Gasteiger partial charge in [-0.3, -0.25) is 0 Å². The molecule has 0 amide bonds. The molecular formula is C15H26N2O2S2. The van der Waals surface area contributed by atoms with Crippen LogP contribution in [0.4, 0.5) is 0 Å². The minimum absolute atomic E-state index is 0.263. The van der Waals surface area contributed by atoms with Gasteiger partial charge in [-0.1, -0.05) is 20.8 Å². The van der Waals surface area contributed by atoms with Crippen molar-refractivity contribution in [1.29, 1.82) is 0 Å². The van der Waals surface area contributed by atoms with Gasteiger partial charge in [-0.05, 0) is 48.2 Å². The lowest BCUT2D eigenvalue weighted by Crippen LogP contribution is -2.41. The van der Waals surface area contributed by atoms with E-state index in [1.54, 1.807) is 10.4 Å². The number of sulfonamides is 1. The van der Waals surface area contributed by atoms with Gasteiger partial charge in [-0.15, -0.1) is 11.3 Å². The average molecular weight is 331 g/mol. The fourth-order valence-electron chi connectivity index (χ4n) is 2.87. The molecule has 2 heterocycles. The zero-order chi connectivity index (χ0) is 15.7. The SMILES string of the molecule is CNCc1csc(S(=O)(=O)N2CCC(C(C)(C)C)CC2)c1. The maximum absolute atomic E-state index is 12.7. The smallest absolute Gasteiger partial charge is 0.252 e. The van der Waals surface area contributed by atoms with Crippen molar-refractivity contribution in [2.45, 2.75) is 44.4 Å². The number of hydrogen-bond donors (Lipinski definition) is 1. The fourth-order valence-corrected chi connectivity index (χ4v) is 5.71. The summed E-state index contributed by atoms with van der Waals surface area (Å²) < 4.78 is 27.5. The summed E-state index contributed by atoms with van der Waals surface area (Å²) in [7, 11) is -1.44. The van der Waals surface area contributed by atoms with Crippen molar-refractivity contribution in [3.63, 3.8) is 0 Å². The molecule has 0 radical (unpaired) electrons. The van der Waals surface area contributed by atoms with Crippen molar-refractivity contribution in [2.24, 2.45) is 11.3 Å². The van der Waals surface area contributed by atoms with E-state index in [1.807, 2.05) is 12.4 Å². The Bertz CT molecular complexity index is 565. The molecule has 21 heavy (non-hydrogen) atoms. The highest BCUT2D eigenvalue weighted by molar-refractivity contribution is 7.91. The molecule has 0 unspecified atom stereocenters. The number of rotatable bonds is 4. The molecule has 1 aromatic heterocycles. The molecule has 1 aliphatic rings. The van der Waals surface area contributed by atoms with E-state index in [0.717, 1.165) is 18.4 Å². The zero-order valence-corrected chi connectivity index (χ0v) is 15.0. The number of piperidine rings is 1. The third-order valence-corrected chi connectivity index (χ3v) is 7.65. The van der Waals surface area contributed by atoms with Crippen molar-refractivity contribution in [3.05, 3.63) is 17.0 Å². The van der Waals surface area contributed by atoms with Crippen molar-refractivity contribution < 1.29 is 8.42 Å². The average Bonchev–Trinajstić information content (AvgIpc) is 2.88. The van der Waals surface area contributed by atoms with E-state index in [2.05, 4.69) is 26.1 Å². The van der Waals surface area contributed by atoms with Crippen molar-refractivity contribution in [3.8, 4) is 0 Å². The molecule has 1 aromatic rings. The molecule has 0 aliphatic carbocycles. The molecule has 120 valence electrons. The first-order valence-corrected chi connectivity index (χ1v) is 9.79. The second-order valence-electron chi connectivity index (χ2n) is 6.85. The molecule has 1 saturated heterocycles. The summed E-state index contributed by atoms with van der Waals surface area (Å²) >= 11 is 1.33. The summed E-state index contributed by atoms with van der Waals surface area (Å²) in [6.07, 6.45) is 1.91. The lowest BCUT2D eigenvalue weighted by atomic mass is 9.76. The Morgan fingerprint density at radius 3 is 2.48 bits per heavy atom. The molecule has 0 bridgehead atoms. The van der Waals surface area contributed by atoms with E-state index in [-0.39, 0.29) is 5.41 Å². The first-order valence-electron chi connectivity index (χ1n) is 7.47. The molecule has 1 aliphatic heterocycles. The Hall–Kier alpha value is -0.430. The summed E-state index contributed by atoms with van der Waals surface area (Å²) in [5.74, 6) is 0.604. The van der Waals surface area contributed by atoms with Crippen LogP contribution in [0.3, 0.4) is 0 Å². The topological polar surface area (TPSA) is 49.4 Å². The second-order valence-corrected chi connectivity index (χ2v) is 9.92. The van der Waals surface area contributed by atoms with Gasteiger partial charge in [0.2, 0.25) is 0 Å². The van der Waals surface area contributed by atoms with Crippen molar-refractivity contribution in [1.82, 2.24) is 9.62 Å². The molecule has 2 rings (SSSR count). The Morgan fingerprint density at radius 2 is 1.95 bits per heavy atom. The number of hydrogen-bond acceptors (Lipinski definition) is 4. The molecular weight excluding hydrogens is 304 g/mol. The quantitative estimate of drug-likeness (QED) is 0.923. The molecule has 0 aromatic carbocycles. The van der Waals surface area contributed by atoms with Crippen LogP contribution >= 0.6 is 11.3 Å². The molecule has 6 heteroatoms. The van der Waals surface area contributed by atoms with Gasteiger partial charge in [0.15, 0.2) is 0 Å². The van der Waals surface area contributed by atoms with Gasteiger partial charge in [0, 0.05) is 19.6 Å². The predicted octanol–water partition coefficient (Wildman–Crippen LogP) is 2.91. The highest BCUT2D eigenvalue weighted by Gasteiger charge is 2.34. The highest BCUT2D eigenvalue weighted by atomic mass is 32.2. The number of thiophene rings is 1. The summed E-state index contributed by atoms with van der Waals surface area (Å²) in [5, 5.41) is 4.97. The summed E-state index contributed by atoms with van der Waals surface area (Å²) in [5.41, 5.74) is 1.30. The van der Waals surface area contributed by atoms with E-state index in [9.17, 15) is 8.42 Å². The normalized spacial score (nSPS) is 19.0. The van der Waals surface area contributed by atoms with Crippen LogP contribution in [-0.4, -0.2) is 32.9 Å². The Balaban J connectivity index is 2.07. The minimum Gasteiger partial charge on any atom is -0.316 e. The van der Waals surface area contributed by atoms with E-state index in [1.165, 1.54) is 11.3 Å². The van der Waals surface area contributed by atoms with E-state index < -0.39 is 10.0 Å². The fraction of sp³-hybridized carbons (Fsp3) is 0.733. The van der Waals surface area contributed by atoms with Crippen LogP contribution in [-0.2, 0) is 16.6 Å². The first kappa shape index (κ1) is 16.9. The van der Waals surface area contributed by atoms with Crippen LogP contribution in [0.15, 0.2) is 15.7 Å². The van der Waals surface area contributed by atoms with Crippen LogP contribution in [0.1, 0.15) is 39.2 Å². The molecule has 1 N–H and O–H groups in total. The van der Waals surface area contributed by atoms with Crippen LogP contribution in [0, 0.1) is 11.3 Å². The lowest BCUT2D eigenvalue weighted by molar-refractivity contribution is 0.154. The zero-order valence-electron chi connectivity index (χ0n) is 13.3. The third kappa shape index (κ3) is 3.86. The maximum atomic E-state index is 12.7. The molecule has 4 nitrogen and oxygen atoms in total. The van der Waals surface area contributed by atoms with Gasteiger partial charge >= 0.3 is 0 Å². The lowest BCUT2D eigenvalue weighted by Gasteiger charge is -2.38. The van der Waals surface area contributed by atoms with E-state index in [0.29, 0.717) is 29.8 Å². The Labute approximate surface area is 132 Å². The highest BCUT2D eigenvalue weighted by Crippen LogP contribution is 2.36. The second kappa shape index (κ2) is 6.36. The summed E-state index contributed by atoms with van der Waals surface area (Å²) in [4.78, 5) is 0. The standard InChI is InChI=1S/C15H26N2O2S2/c1-15(2,3)13-5-7-17(8-6-13)21(18,19)14-9-12(10-16-4)11-20-14/h9,11,13,16H,5-8,10H2,1-4H3. The van der Waals surface area contributed by atoms with Gasteiger partial charge in [-0.25, -0.2) is 8.42 Å². The van der Waals surface area contributed by atoms with Gasteiger partial charge in [-0.2, -0.15) is 4.31 Å². The molecule has 1 fully saturated rings. The van der Waals surface area contributed by atoms with Crippen LogP contribution in [0.2, 0.25) is 0 Å². The van der Waals surface area contributed by atoms with Crippen LogP contribution in [0.5, 0.6) is 0 Å². The number of nitrogens with zero attached hydrogens (tertiary/aromatic N) is 1. The van der Waals surface area contributed by atoms with Gasteiger partial charge in [0.1, 0.15) is 4.21 Å². The van der Waals surface area contributed by atoms with Crippen LogP contribution < -0.4 is 5.32 Å². The van der Waals surface area contributed by atoms with E-state index in [4.69, 9.17) is 0 Å². The largest absolute Gasteiger partial charge is 0.316 e. The van der Waals surface area contributed by atoms with Gasteiger partial charge in [0.25, 0.3) is 10.0 Å². The maximum Gasteiger partial charge on any atom is 0.252 e. The van der Waals surface area contributed by atoms with Crippen LogP contribution in [0.25, 0.3) is 0 Å². The molecule has 0 saturated carbocycles. The summed E-state index contributed by atoms with van der Waals surface area (Å²) in [6, 6.07) is 1.80. The van der Waals surface area contributed by atoms with Gasteiger partial charge in [0.05, 0.1) is 0 Å². The Kier molecular flexibility index (Phi) is 5.13. The van der Waals surface area contributed by atoms with Gasteiger partial charge < -0.3 is 5.32 Å².